The Labute approximate surface area is 97.2 Å². The van der Waals surface area contributed by atoms with Crippen LogP contribution in [0.4, 0.5) is 0 Å². The van der Waals surface area contributed by atoms with Gasteiger partial charge in [0.2, 0.25) is 0 Å². The molecule has 1 aliphatic heterocycles. The fraction of sp³-hybridized carbons (Fsp3) is 0.571. The van der Waals surface area contributed by atoms with Crippen molar-refractivity contribution in [1.29, 1.82) is 0 Å². The maximum atomic E-state index is 5.72. The van der Waals surface area contributed by atoms with Crippen LogP contribution in [0.3, 0.4) is 0 Å². The molecule has 1 aromatic carbocycles. The molecule has 1 aromatic rings. The summed E-state index contributed by atoms with van der Waals surface area (Å²) in [5, 5.41) is 2.20. The van der Waals surface area contributed by atoms with Crippen molar-refractivity contribution < 1.29 is 4.84 Å². The standard InChI is InChI=1S/C14H19NO/c1-11-7-9-12(10-8-11)14-15(16-14)13-5-3-2-4-6-13/h7-10,13-14H,2-6H2,1H3. The van der Waals surface area contributed by atoms with Crippen molar-refractivity contribution >= 4 is 0 Å². The Morgan fingerprint density at radius 2 is 1.75 bits per heavy atom. The lowest BCUT2D eigenvalue weighted by molar-refractivity contribution is 0.119. The molecule has 2 fully saturated rings. The molecule has 0 spiro atoms. The molecule has 2 nitrogen and oxygen atoms in total. The maximum absolute atomic E-state index is 5.72. The number of hydrogen-bond donors (Lipinski definition) is 0. The van der Waals surface area contributed by atoms with Crippen LogP contribution in [0.2, 0.25) is 0 Å². The molecule has 86 valence electrons. The third kappa shape index (κ3) is 2.00. The van der Waals surface area contributed by atoms with Gasteiger partial charge in [0.05, 0.1) is 0 Å². The van der Waals surface area contributed by atoms with Gasteiger partial charge in [-0.05, 0) is 25.3 Å². The summed E-state index contributed by atoms with van der Waals surface area (Å²) in [5.74, 6) is 0. The van der Waals surface area contributed by atoms with Crippen LogP contribution >= 0.6 is 0 Å². The van der Waals surface area contributed by atoms with Crippen LogP contribution in [0.25, 0.3) is 0 Å². The van der Waals surface area contributed by atoms with E-state index in [1.807, 2.05) is 0 Å². The van der Waals surface area contributed by atoms with Crippen LogP contribution in [0.15, 0.2) is 24.3 Å². The molecule has 2 heteroatoms. The molecule has 0 radical (unpaired) electrons. The summed E-state index contributed by atoms with van der Waals surface area (Å²) in [5.41, 5.74) is 2.62. The van der Waals surface area contributed by atoms with Crippen molar-refractivity contribution in [3.05, 3.63) is 35.4 Å². The summed E-state index contributed by atoms with van der Waals surface area (Å²) < 4.78 is 0. The van der Waals surface area contributed by atoms with Crippen molar-refractivity contribution in [2.75, 3.05) is 0 Å². The fourth-order valence-corrected chi connectivity index (χ4v) is 2.64. The fourth-order valence-electron chi connectivity index (χ4n) is 2.64. The summed E-state index contributed by atoms with van der Waals surface area (Å²) in [6, 6.07) is 9.36. The summed E-state index contributed by atoms with van der Waals surface area (Å²) in [4.78, 5) is 5.72. The van der Waals surface area contributed by atoms with Crippen molar-refractivity contribution in [3.8, 4) is 0 Å². The molecule has 0 N–H and O–H groups in total. The van der Waals surface area contributed by atoms with Gasteiger partial charge >= 0.3 is 0 Å². The van der Waals surface area contributed by atoms with Crippen LogP contribution in [-0.2, 0) is 4.84 Å². The lowest BCUT2D eigenvalue weighted by atomic mass is 9.95. The molecular formula is C14H19NO. The molecule has 1 saturated heterocycles. The van der Waals surface area contributed by atoms with E-state index in [1.54, 1.807) is 0 Å². The van der Waals surface area contributed by atoms with Gasteiger partial charge in [0.25, 0.3) is 0 Å². The Kier molecular flexibility index (Phi) is 2.70. The topological polar surface area (TPSA) is 15.5 Å². The molecule has 0 bridgehead atoms. The van der Waals surface area contributed by atoms with E-state index >= 15 is 0 Å². The third-order valence-corrected chi connectivity index (χ3v) is 3.70. The predicted octanol–water partition coefficient (Wildman–Crippen LogP) is 3.57. The molecule has 3 rings (SSSR count). The lowest BCUT2D eigenvalue weighted by Crippen LogP contribution is -2.21. The van der Waals surface area contributed by atoms with Gasteiger partial charge in [-0.1, -0.05) is 49.1 Å². The van der Waals surface area contributed by atoms with E-state index in [9.17, 15) is 0 Å². The van der Waals surface area contributed by atoms with Crippen molar-refractivity contribution in [1.82, 2.24) is 5.06 Å². The molecule has 2 atom stereocenters. The number of rotatable bonds is 2. The second-order valence-electron chi connectivity index (χ2n) is 5.02. The van der Waals surface area contributed by atoms with Crippen LogP contribution < -0.4 is 0 Å². The quantitative estimate of drug-likeness (QED) is 0.704. The van der Waals surface area contributed by atoms with Gasteiger partial charge in [-0.2, -0.15) is 0 Å². The number of benzene rings is 1. The minimum atomic E-state index is 0.240. The summed E-state index contributed by atoms with van der Waals surface area (Å²) in [6.07, 6.45) is 6.99. The van der Waals surface area contributed by atoms with Gasteiger partial charge in [-0.3, -0.25) is 4.84 Å². The zero-order valence-electron chi connectivity index (χ0n) is 9.86. The second-order valence-corrected chi connectivity index (χ2v) is 5.02. The Bertz CT molecular complexity index is 354. The van der Waals surface area contributed by atoms with Crippen LogP contribution in [0, 0.1) is 6.92 Å². The predicted molar refractivity (Wildman–Crippen MR) is 63.7 cm³/mol. The molecular weight excluding hydrogens is 198 g/mol. The Morgan fingerprint density at radius 1 is 1.06 bits per heavy atom. The average Bonchev–Trinajstić information content (AvgIpc) is 3.11. The van der Waals surface area contributed by atoms with Crippen molar-refractivity contribution in [2.45, 2.75) is 51.3 Å². The smallest absolute Gasteiger partial charge is 0.180 e. The molecule has 2 unspecified atom stereocenters. The van der Waals surface area contributed by atoms with E-state index in [1.165, 1.54) is 43.2 Å². The second kappa shape index (κ2) is 4.19. The van der Waals surface area contributed by atoms with Crippen LogP contribution in [-0.4, -0.2) is 11.1 Å². The SMILES string of the molecule is Cc1ccc(C2ON2C2CCCCC2)cc1. The highest BCUT2D eigenvalue weighted by Crippen LogP contribution is 2.42. The van der Waals surface area contributed by atoms with E-state index in [-0.39, 0.29) is 6.23 Å². The van der Waals surface area contributed by atoms with E-state index in [0.717, 1.165) is 0 Å². The first-order valence-electron chi connectivity index (χ1n) is 6.36. The molecule has 0 amide bonds. The number of hydroxylamine groups is 2. The molecule has 1 aliphatic carbocycles. The Balaban J connectivity index is 1.64. The van der Waals surface area contributed by atoms with Crippen molar-refractivity contribution in [3.63, 3.8) is 0 Å². The number of hydrogen-bond acceptors (Lipinski definition) is 2. The first kappa shape index (κ1) is 10.3. The monoisotopic (exact) mass is 217 g/mol. The summed E-state index contributed by atoms with van der Waals surface area (Å²) >= 11 is 0. The van der Waals surface area contributed by atoms with Gasteiger partial charge in [0.15, 0.2) is 6.23 Å². The first-order valence-corrected chi connectivity index (χ1v) is 6.36. The number of nitrogens with zero attached hydrogens (tertiary/aromatic N) is 1. The van der Waals surface area contributed by atoms with Gasteiger partial charge in [0, 0.05) is 6.04 Å². The van der Waals surface area contributed by atoms with Gasteiger partial charge < -0.3 is 0 Å². The largest absolute Gasteiger partial charge is 0.270 e. The van der Waals surface area contributed by atoms with E-state index in [4.69, 9.17) is 4.84 Å². The van der Waals surface area contributed by atoms with E-state index in [0.29, 0.717) is 6.04 Å². The van der Waals surface area contributed by atoms with Crippen molar-refractivity contribution in [2.24, 2.45) is 0 Å². The molecule has 1 heterocycles. The Morgan fingerprint density at radius 3 is 2.44 bits per heavy atom. The normalized spacial score (nSPS) is 30.3. The van der Waals surface area contributed by atoms with Gasteiger partial charge in [-0.25, -0.2) is 0 Å². The third-order valence-electron chi connectivity index (χ3n) is 3.70. The van der Waals surface area contributed by atoms with Crippen LogP contribution in [0.1, 0.15) is 49.5 Å². The summed E-state index contributed by atoms with van der Waals surface area (Å²) in [7, 11) is 0. The molecule has 2 aliphatic rings. The van der Waals surface area contributed by atoms with Crippen LogP contribution in [0.5, 0.6) is 0 Å². The average molecular weight is 217 g/mol. The minimum absolute atomic E-state index is 0.240. The Hall–Kier alpha value is -0.860. The lowest BCUT2D eigenvalue weighted by Gasteiger charge is -2.20. The molecule has 16 heavy (non-hydrogen) atoms. The highest BCUT2D eigenvalue weighted by Gasteiger charge is 2.43. The first-order chi connectivity index (χ1) is 7.84. The number of aryl methyl sites for hydroxylation is 1. The maximum Gasteiger partial charge on any atom is 0.180 e. The minimum Gasteiger partial charge on any atom is -0.270 e. The zero-order chi connectivity index (χ0) is 11.0. The highest BCUT2D eigenvalue weighted by molar-refractivity contribution is 5.24. The molecule has 0 aromatic heterocycles. The van der Waals surface area contributed by atoms with E-state index < -0.39 is 0 Å². The zero-order valence-corrected chi connectivity index (χ0v) is 9.86. The summed E-state index contributed by atoms with van der Waals surface area (Å²) in [6.45, 7) is 2.12. The van der Waals surface area contributed by atoms with E-state index in [2.05, 4.69) is 36.3 Å². The van der Waals surface area contributed by atoms with Gasteiger partial charge in [0.1, 0.15) is 0 Å². The molecule has 1 saturated carbocycles. The highest BCUT2D eigenvalue weighted by atomic mass is 16.8. The van der Waals surface area contributed by atoms with Gasteiger partial charge in [-0.15, -0.1) is 5.06 Å².